The number of rotatable bonds is 6. The summed E-state index contributed by atoms with van der Waals surface area (Å²) in [4.78, 5) is 0. The SMILES string of the molecule is CCCS(=O)(=O)NC(CN)C1CC1. The highest BCUT2D eigenvalue weighted by Crippen LogP contribution is 2.32. The first-order valence-corrected chi connectivity index (χ1v) is 6.44. The van der Waals surface area contributed by atoms with Gasteiger partial charge in [-0.3, -0.25) is 0 Å². The molecule has 0 radical (unpaired) electrons. The van der Waals surface area contributed by atoms with Crippen LogP contribution in [0.5, 0.6) is 0 Å². The van der Waals surface area contributed by atoms with Gasteiger partial charge in [-0.25, -0.2) is 13.1 Å². The van der Waals surface area contributed by atoms with E-state index in [0.717, 1.165) is 12.8 Å². The molecule has 0 heterocycles. The molecule has 0 aliphatic heterocycles. The van der Waals surface area contributed by atoms with Crippen molar-refractivity contribution in [3.8, 4) is 0 Å². The Labute approximate surface area is 79.9 Å². The summed E-state index contributed by atoms with van der Waals surface area (Å²) in [6.07, 6.45) is 2.87. The van der Waals surface area contributed by atoms with Crippen LogP contribution in [0.3, 0.4) is 0 Å². The van der Waals surface area contributed by atoms with Gasteiger partial charge in [0.25, 0.3) is 0 Å². The molecule has 1 saturated carbocycles. The van der Waals surface area contributed by atoms with Gasteiger partial charge in [0.05, 0.1) is 5.75 Å². The molecule has 0 spiro atoms. The first-order chi connectivity index (χ1) is 6.09. The number of nitrogens with two attached hydrogens (primary N) is 1. The Hall–Kier alpha value is -0.130. The Morgan fingerprint density at radius 2 is 2.15 bits per heavy atom. The maximum absolute atomic E-state index is 11.4. The van der Waals surface area contributed by atoms with Gasteiger partial charge in [-0.2, -0.15) is 0 Å². The molecule has 1 atom stereocenters. The van der Waals surface area contributed by atoms with E-state index in [1.807, 2.05) is 6.92 Å². The van der Waals surface area contributed by atoms with E-state index in [2.05, 4.69) is 4.72 Å². The van der Waals surface area contributed by atoms with E-state index >= 15 is 0 Å². The van der Waals surface area contributed by atoms with Crippen molar-refractivity contribution in [2.75, 3.05) is 12.3 Å². The summed E-state index contributed by atoms with van der Waals surface area (Å²) < 4.78 is 25.4. The molecule has 5 heteroatoms. The van der Waals surface area contributed by atoms with Crippen molar-refractivity contribution in [1.29, 1.82) is 0 Å². The van der Waals surface area contributed by atoms with E-state index in [1.165, 1.54) is 0 Å². The molecular formula is C8H18N2O2S. The van der Waals surface area contributed by atoms with Gasteiger partial charge in [0.15, 0.2) is 0 Å². The Morgan fingerprint density at radius 3 is 2.54 bits per heavy atom. The Kier molecular flexibility index (Phi) is 3.70. The van der Waals surface area contributed by atoms with Crippen molar-refractivity contribution in [3.63, 3.8) is 0 Å². The zero-order chi connectivity index (χ0) is 9.90. The summed E-state index contributed by atoms with van der Waals surface area (Å²) in [5, 5.41) is 0. The molecular weight excluding hydrogens is 188 g/mol. The van der Waals surface area contributed by atoms with E-state index in [1.54, 1.807) is 0 Å². The van der Waals surface area contributed by atoms with E-state index in [4.69, 9.17) is 5.73 Å². The van der Waals surface area contributed by atoms with Crippen LogP contribution in [-0.4, -0.2) is 26.8 Å². The summed E-state index contributed by atoms with van der Waals surface area (Å²) in [6.45, 7) is 2.27. The maximum Gasteiger partial charge on any atom is 0.211 e. The highest BCUT2D eigenvalue weighted by atomic mass is 32.2. The molecule has 1 aliphatic rings. The first-order valence-electron chi connectivity index (χ1n) is 4.79. The first kappa shape index (κ1) is 10.9. The van der Waals surface area contributed by atoms with E-state index in [-0.39, 0.29) is 11.8 Å². The molecule has 0 aromatic heterocycles. The molecule has 0 aromatic rings. The van der Waals surface area contributed by atoms with Crippen LogP contribution in [0, 0.1) is 5.92 Å². The summed E-state index contributed by atoms with van der Waals surface area (Å²) in [7, 11) is -3.08. The Morgan fingerprint density at radius 1 is 1.54 bits per heavy atom. The zero-order valence-corrected chi connectivity index (χ0v) is 8.81. The fourth-order valence-corrected chi connectivity index (χ4v) is 2.80. The molecule has 78 valence electrons. The van der Waals surface area contributed by atoms with Crippen LogP contribution in [0.1, 0.15) is 26.2 Å². The second-order valence-corrected chi connectivity index (χ2v) is 5.49. The molecule has 13 heavy (non-hydrogen) atoms. The molecule has 0 saturated heterocycles. The van der Waals surface area contributed by atoms with Crippen LogP contribution in [-0.2, 0) is 10.0 Å². The van der Waals surface area contributed by atoms with Gasteiger partial charge in [-0.05, 0) is 25.2 Å². The van der Waals surface area contributed by atoms with Crippen LogP contribution in [0.2, 0.25) is 0 Å². The van der Waals surface area contributed by atoms with Crippen LogP contribution in [0.4, 0.5) is 0 Å². The zero-order valence-electron chi connectivity index (χ0n) is 7.99. The van der Waals surface area contributed by atoms with Crippen LogP contribution < -0.4 is 10.5 Å². The van der Waals surface area contributed by atoms with E-state index in [9.17, 15) is 8.42 Å². The minimum Gasteiger partial charge on any atom is -0.329 e. The van der Waals surface area contributed by atoms with Gasteiger partial charge in [-0.1, -0.05) is 6.92 Å². The lowest BCUT2D eigenvalue weighted by Gasteiger charge is -2.15. The number of hydrogen-bond acceptors (Lipinski definition) is 3. The van der Waals surface area contributed by atoms with Gasteiger partial charge in [-0.15, -0.1) is 0 Å². The average Bonchev–Trinajstić information content (AvgIpc) is 2.82. The molecule has 1 rings (SSSR count). The highest BCUT2D eigenvalue weighted by Gasteiger charge is 2.32. The molecule has 3 N–H and O–H groups in total. The maximum atomic E-state index is 11.4. The standard InChI is InChI=1S/C8H18N2O2S/c1-2-5-13(11,12)10-8(6-9)7-3-4-7/h7-8,10H,2-6,9H2,1H3. The molecule has 0 amide bonds. The fourth-order valence-electron chi connectivity index (χ4n) is 1.39. The molecule has 1 aliphatic carbocycles. The summed E-state index contributed by atoms with van der Waals surface area (Å²) in [6, 6.07) is -0.0310. The normalized spacial score (nSPS) is 20.2. The number of nitrogens with one attached hydrogen (secondary N) is 1. The monoisotopic (exact) mass is 206 g/mol. The third-order valence-electron chi connectivity index (χ3n) is 2.25. The molecule has 4 nitrogen and oxygen atoms in total. The summed E-state index contributed by atoms with van der Waals surface area (Å²) in [5.74, 6) is 0.688. The predicted molar refractivity (Wildman–Crippen MR) is 52.8 cm³/mol. The van der Waals surface area contributed by atoms with Crippen LogP contribution >= 0.6 is 0 Å². The van der Waals surface area contributed by atoms with Gasteiger partial charge < -0.3 is 5.73 Å². The second kappa shape index (κ2) is 4.39. The molecule has 1 unspecified atom stereocenters. The Bertz CT molecular complexity index is 247. The van der Waals surface area contributed by atoms with Crippen molar-refractivity contribution in [2.45, 2.75) is 32.2 Å². The van der Waals surface area contributed by atoms with E-state index < -0.39 is 10.0 Å². The van der Waals surface area contributed by atoms with Crippen molar-refractivity contribution in [3.05, 3.63) is 0 Å². The van der Waals surface area contributed by atoms with Gasteiger partial charge in [0.2, 0.25) is 10.0 Å². The van der Waals surface area contributed by atoms with Gasteiger partial charge >= 0.3 is 0 Å². The lowest BCUT2D eigenvalue weighted by molar-refractivity contribution is 0.518. The van der Waals surface area contributed by atoms with E-state index in [0.29, 0.717) is 18.9 Å². The lowest BCUT2D eigenvalue weighted by Crippen LogP contribution is -2.42. The third kappa shape index (κ3) is 3.62. The predicted octanol–water partition coefficient (Wildman–Crippen LogP) is 0.0531. The quantitative estimate of drug-likeness (QED) is 0.645. The van der Waals surface area contributed by atoms with Crippen LogP contribution in [0.25, 0.3) is 0 Å². The van der Waals surface area contributed by atoms with Gasteiger partial charge in [0, 0.05) is 12.6 Å². The van der Waals surface area contributed by atoms with Crippen molar-refractivity contribution < 1.29 is 8.42 Å². The van der Waals surface area contributed by atoms with Crippen LogP contribution in [0.15, 0.2) is 0 Å². The highest BCUT2D eigenvalue weighted by molar-refractivity contribution is 7.89. The Balaban J connectivity index is 2.44. The second-order valence-electron chi connectivity index (χ2n) is 3.62. The number of sulfonamides is 1. The summed E-state index contributed by atoms with van der Waals surface area (Å²) >= 11 is 0. The number of hydrogen-bond donors (Lipinski definition) is 2. The van der Waals surface area contributed by atoms with Crippen molar-refractivity contribution >= 4 is 10.0 Å². The summed E-state index contributed by atoms with van der Waals surface area (Å²) in [5.41, 5.74) is 5.49. The molecule has 0 aromatic carbocycles. The average molecular weight is 206 g/mol. The van der Waals surface area contributed by atoms with Crippen molar-refractivity contribution in [2.24, 2.45) is 11.7 Å². The lowest BCUT2D eigenvalue weighted by atomic mass is 10.2. The third-order valence-corrected chi connectivity index (χ3v) is 3.86. The smallest absolute Gasteiger partial charge is 0.211 e. The minimum absolute atomic E-state index is 0.0310. The van der Waals surface area contributed by atoms with Crippen molar-refractivity contribution in [1.82, 2.24) is 4.72 Å². The molecule has 1 fully saturated rings. The topological polar surface area (TPSA) is 72.2 Å². The van der Waals surface area contributed by atoms with Gasteiger partial charge in [0.1, 0.15) is 0 Å². The molecule has 0 bridgehead atoms. The fraction of sp³-hybridized carbons (Fsp3) is 1.00. The largest absolute Gasteiger partial charge is 0.329 e. The minimum atomic E-state index is -3.08.